The van der Waals surface area contributed by atoms with Gasteiger partial charge in [-0.25, -0.2) is 14.4 Å². The Morgan fingerprint density at radius 1 is 0.930 bits per heavy atom. The van der Waals surface area contributed by atoms with Crippen LogP contribution < -0.4 is 9.47 Å². The fourth-order valence-corrected chi connectivity index (χ4v) is 10.8. The average molecular weight is 994 g/mol. The van der Waals surface area contributed by atoms with Crippen molar-refractivity contribution in [2.75, 3.05) is 20.8 Å². The number of benzene rings is 2. The van der Waals surface area contributed by atoms with Crippen LogP contribution in [0.1, 0.15) is 118 Å². The average Bonchev–Trinajstić information content (AvgIpc) is 3.76. The van der Waals surface area contributed by atoms with Crippen LogP contribution in [0.4, 0.5) is 4.79 Å². The number of hydrogen-bond acceptors (Lipinski definition) is 18. The standard InChI is InChI=1S/C52H67NO18/c1-27(2)23-34-39(68-44(53(34)47(60)71-48(6,7)8)33-20-19-32(63-12)24-35(33)64-13)46(59)67-36-25-51(61)43(69-45(58)31-17-15-14-16-18-31)41-50(11,37(21-22-54)70-52(41,62)26-65-29(4)55)42(57)40(66-30(5)56)38(28(36)3)49(51,9)10/h14-20,22,24,27,34,36-37,39-41,43-44,61-62H,21,23,25-26H2,1-13H3/t34-,36+,37+,39-,40-,41+,43+,44?,50-,51-,52-/m1/s1. The normalized spacial score (nSPS) is 31.2. The SMILES string of the molecule is COc1ccc(C2O[C@@H](C(=O)O[C@H]3C[C@@]4(O)[C@@H](OC(=O)c5ccccc5)[C@H]5[C@](C)(C(=O)[C@H](OC(C)=O)C(=C3C)C4(C)C)[C@H](CC=O)O[C@]5(O)COC(C)=O)[C@@H](CC(C)C)N2C(=O)OC(C)(C)C)c(OC)c1. The molecule has 2 aromatic carbocycles. The van der Waals surface area contributed by atoms with E-state index in [0.717, 1.165) is 13.8 Å². The van der Waals surface area contributed by atoms with Crippen LogP contribution >= 0.6 is 0 Å². The predicted molar refractivity (Wildman–Crippen MR) is 249 cm³/mol. The number of rotatable bonds is 14. The maximum atomic E-state index is 15.7. The maximum Gasteiger partial charge on any atom is 0.413 e. The molecule has 1 saturated carbocycles. The lowest BCUT2D eigenvalue weighted by atomic mass is 9.49. The van der Waals surface area contributed by atoms with Gasteiger partial charge in [0.15, 0.2) is 24.2 Å². The first-order valence-electron chi connectivity index (χ1n) is 23.6. The van der Waals surface area contributed by atoms with Crippen molar-refractivity contribution in [3.8, 4) is 11.5 Å². The summed E-state index contributed by atoms with van der Waals surface area (Å²) in [4.78, 5) is 98.8. The summed E-state index contributed by atoms with van der Waals surface area (Å²) in [6.07, 6.45) is -11.1. The third-order valence-corrected chi connectivity index (χ3v) is 14.2. The minimum atomic E-state index is -2.76. The van der Waals surface area contributed by atoms with Crippen LogP contribution in [0, 0.1) is 22.7 Å². The Morgan fingerprint density at radius 2 is 1.59 bits per heavy atom. The summed E-state index contributed by atoms with van der Waals surface area (Å²) in [7, 11) is 2.90. The summed E-state index contributed by atoms with van der Waals surface area (Å²) in [6.45, 7) is 15.9. The molecule has 3 fully saturated rings. The number of carbonyl (C=O) groups is 7. The van der Waals surface area contributed by atoms with E-state index in [1.807, 2.05) is 13.8 Å². The van der Waals surface area contributed by atoms with Gasteiger partial charge >= 0.3 is 30.0 Å². The zero-order chi connectivity index (χ0) is 52.8. The van der Waals surface area contributed by atoms with Gasteiger partial charge in [-0.3, -0.25) is 19.3 Å². The maximum absolute atomic E-state index is 15.7. The number of ether oxygens (including phenoxy) is 9. The Kier molecular flexibility index (Phi) is 15.6. The Labute approximate surface area is 413 Å². The van der Waals surface area contributed by atoms with Gasteiger partial charge in [0.1, 0.15) is 47.8 Å². The second kappa shape index (κ2) is 20.3. The number of aliphatic hydroxyl groups is 2. The fourth-order valence-electron chi connectivity index (χ4n) is 10.8. The summed E-state index contributed by atoms with van der Waals surface area (Å²) in [6, 6.07) is 11.5. The molecule has 2 N–H and O–H groups in total. The molecule has 2 saturated heterocycles. The van der Waals surface area contributed by atoms with Crippen LogP contribution in [0.15, 0.2) is 59.7 Å². The molecule has 2 aliphatic carbocycles. The number of methoxy groups -OCH3 is 2. The number of carbonyl (C=O) groups excluding carboxylic acids is 7. The highest BCUT2D eigenvalue weighted by Gasteiger charge is 2.76. The lowest BCUT2D eigenvalue weighted by Crippen LogP contribution is -2.71. The topological polar surface area (TPSA) is 246 Å². The zero-order valence-electron chi connectivity index (χ0n) is 42.6. The Morgan fingerprint density at radius 3 is 2.15 bits per heavy atom. The molecule has 19 nitrogen and oxygen atoms in total. The van der Waals surface area contributed by atoms with Gasteiger partial charge in [0.05, 0.1) is 43.3 Å². The van der Waals surface area contributed by atoms with E-state index in [9.17, 15) is 34.2 Å². The number of amides is 1. The molecule has 388 valence electrons. The van der Waals surface area contributed by atoms with Gasteiger partial charge in [-0.2, -0.15) is 0 Å². The Bertz CT molecular complexity index is 2430. The molecule has 2 aliphatic heterocycles. The predicted octanol–water partition coefficient (Wildman–Crippen LogP) is 5.74. The van der Waals surface area contributed by atoms with Crippen LogP contribution in [-0.4, -0.2) is 132 Å². The molecule has 11 atom stereocenters. The summed E-state index contributed by atoms with van der Waals surface area (Å²) in [5, 5.41) is 26.6. The first kappa shape index (κ1) is 54.4. The van der Waals surface area contributed by atoms with Gasteiger partial charge in [-0.15, -0.1) is 0 Å². The molecule has 1 unspecified atom stereocenters. The highest BCUT2D eigenvalue weighted by atomic mass is 16.7. The van der Waals surface area contributed by atoms with Crippen molar-refractivity contribution in [3.05, 3.63) is 70.8 Å². The van der Waals surface area contributed by atoms with Crippen LogP contribution in [0.2, 0.25) is 0 Å². The molecular weight excluding hydrogens is 927 g/mol. The third-order valence-electron chi connectivity index (χ3n) is 14.2. The lowest BCUT2D eigenvalue weighted by Gasteiger charge is -2.59. The largest absolute Gasteiger partial charge is 0.497 e. The molecule has 2 heterocycles. The number of esters is 4. The van der Waals surface area contributed by atoms with Crippen molar-refractivity contribution < 1.29 is 86.4 Å². The monoisotopic (exact) mass is 993 g/mol. The van der Waals surface area contributed by atoms with Crippen molar-refractivity contribution in [1.29, 1.82) is 0 Å². The van der Waals surface area contributed by atoms with Crippen molar-refractivity contribution >= 4 is 42.0 Å². The number of nitrogens with zero attached hydrogens (tertiary/aromatic N) is 1. The minimum absolute atomic E-state index is 0.00608. The van der Waals surface area contributed by atoms with E-state index in [2.05, 4.69) is 0 Å². The van der Waals surface area contributed by atoms with E-state index in [4.69, 9.17) is 42.6 Å². The number of ketones is 1. The van der Waals surface area contributed by atoms with Crippen LogP contribution in [0.3, 0.4) is 0 Å². The van der Waals surface area contributed by atoms with E-state index in [1.165, 1.54) is 58.9 Å². The van der Waals surface area contributed by atoms with E-state index in [1.54, 1.807) is 57.2 Å². The smallest absolute Gasteiger partial charge is 0.413 e. The van der Waals surface area contributed by atoms with Crippen LogP contribution in [0.5, 0.6) is 11.5 Å². The van der Waals surface area contributed by atoms with Crippen molar-refractivity contribution in [2.45, 2.75) is 155 Å². The molecule has 4 aliphatic rings. The number of aldehydes is 1. The summed E-state index contributed by atoms with van der Waals surface area (Å²) >= 11 is 0. The quantitative estimate of drug-likeness (QED) is 0.0991. The molecule has 2 bridgehead atoms. The number of Topliss-reactive ketones (excluding diaryl/α,β-unsaturated/α-hetero) is 1. The molecule has 71 heavy (non-hydrogen) atoms. The molecule has 19 heteroatoms. The van der Waals surface area contributed by atoms with Gasteiger partial charge in [-0.05, 0) is 82.4 Å². The van der Waals surface area contributed by atoms with Crippen LogP contribution in [0.25, 0.3) is 0 Å². The van der Waals surface area contributed by atoms with Crippen LogP contribution in [-0.2, 0) is 57.1 Å². The van der Waals surface area contributed by atoms with E-state index in [0.29, 0.717) is 17.6 Å². The Balaban J connectivity index is 1.57. The molecule has 0 radical (unpaired) electrons. The number of fused-ring (bicyclic) bond motifs is 3. The summed E-state index contributed by atoms with van der Waals surface area (Å²) in [5.41, 5.74) is -6.93. The van der Waals surface area contributed by atoms with Gasteiger partial charge in [0.25, 0.3) is 0 Å². The lowest BCUT2D eigenvalue weighted by molar-refractivity contribution is -0.274. The zero-order valence-corrected chi connectivity index (χ0v) is 42.6. The molecule has 2 aromatic rings. The second-order valence-corrected chi connectivity index (χ2v) is 20.8. The minimum Gasteiger partial charge on any atom is -0.497 e. The summed E-state index contributed by atoms with van der Waals surface area (Å²) < 4.78 is 53.8. The van der Waals surface area contributed by atoms with Crippen molar-refractivity contribution in [1.82, 2.24) is 4.90 Å². The first-order valence-corrected chi connectivity index (χ1v) is 23.6. The summed E-state index contributed by atoms with van der Waals surface area (Å²) in [5.74, 6) is -8.84. The first-order chi connectivity index (χ1) is 33.1. The highest BCUT2D eigenvalue weighted by molar-refractivity contribution is 5.96. The molecule has 0 aromatic heterocycles. The van der Waals surface area contributed by atoms with E-state index in [-0.39, 0.29) is 34.8 Å². The van der Waals surface area contributed by atoms with Crippen molar-refractivity contribution in [3.63, 3.8) is 0 Å². The van der Waals surface area contributed by atoms with Gasteiger partial charge < -0.3 is 57.6 Å². The molecule has 0 spiro atoms. The van der Waals surface area contributed by atoms with Gasteiger partial charge in [-0.1, -0.05) is 45.9 Å². The van der Waals surface area contributed by atoms with E-state index >= 15 is 9.59 Å². The highest BCUT2D eigenvalue weighted by Crippen LogP contribution is 2.63. The van der Waals surface area contributed by atoms with Gasteiger partial charge in [0, 0.05) is 43.7 Å². The fraction of sp³-hybridized carbons (Fsp3) is 0.596. The Hall–Kier alpha value is -5.89. The van der Waals surface area contributed by atoms with Crippen molar-refractivity contribution in [2.24, 2.45) is 22.7 Å². The number of hydrogen-bond donors (Lipinski definition) is 2. The third kappa shape index (κ3) is 10.1. The molecule has 6 rings (SSSR count). The molecule has 1 amide bonds. The molecular formula is C52H67NO18. The van der Waals surface area contributed by atoms with E-state index < -0.39 is 132 Å². The second-order valence-electron chi connectivity index (χ2n) is 20.8. The van der Waals surface area contributed by atoms with Gasteiger partial charge in [0.2, 0.25) is 5.79 Å².